The van der Waals surface area contributed by atoms with Gasteiger partial charge in [0.15, 0.2) is 11.5 Å². The molecular formula is C19H21F2NO5. The van der Waals surface area contributed by atoms with Gasteiger partial charge < -0.3 is 23.8 Å². The summed E-state index contributed by atoms with van der Waals surface area (Å²) in [5.74, 6) is 1.02. The molecule has 6 nitrogen and oxygen atoms in total. The molecule has 0 aliphatic carbocycles. The minimum Gasteiger partial charge on any atom is -0.497 e. The molecule has 0 aliphatic rings. The van der Waals surface area contributed by atoms with Crippen LogP contribution in [-0.2, 0) is 0 Å². The minimum atomic E-state index is -2.97. The van der Waals surface area contributed by atoms with E-state index in [0.29, 0.717) is 17.9 Å². The summed E-state index contributed by atoms with van der Waals surface area (Å²) in [5.41, 5.74) is 0.292. The lowest BCUT2D eigenvalue weighted by atomic mass is 10.1. The lowest BCUT2D eigenvalue weighted by Gasteiger charge is -2.18. The fourth-order valence-electron chi connectivity index (χ4n) is 2.29. The van der Waals surface area contributed by atoms with Crippen LogP contribution in [0.1, 0.15) is 10.4 Å². The first-order chi connectivity index (χ1) is 12.9. The zero-order chi connectivity index (χ0) is 19.8. The Hall–Kier alpha value is -3.03. The van der Waals surface area contributed by atoms with Crippen molar-refractivity contribution in [3.63, 3.8) is 0 Å². The van der Waals surface area contributed by atoms with E-state index in [1.54, 1.807) is 38.4 Å². The van der Waals surface area contributed by atoms with Gasteiger partial charge in [0, 0.05) is 12.6 Å². The third-order valence-corrected chi connectivity index (χ3v) is 3.73. The molecule has 1 amide bonds. The van der Waals surface area contributed by atoms with E-state index < -0.39 is 6.61 Å². The van der Waals surface area contributed by atoms with Crippen LogP contribution in [0.15, 0.2) is 42.5 Å². The van der Waals surface area contributed by atoms with Gasteiger partial charge in [0.1, 0.15) is 18.1 Å². The van der Waals surface area contributed by atoms with Crippen molar-refractivity contribution >= 4 is 5.91 Å². The van der Waals surface area contributed by atoms with Gasteiger partial charge in [-0.15, -0.1) is 0 Å². The molecular weight excluding hydrogens is 360 g/mol. The quantitative estimate of drug-likeness (QED) is 0.666. The van der Waals surface area contributed by atoms with Crippen LogP contribution in [-0.4, -0.2) is 51.8 Å². The molecule has 0 unspecified atom stereocenters. The minimum absolute atomic E-state index is 0.0593. The second kappa shape index (κ2) is 9.61. The number of likely N-dealkylation sites (N-methyl/N-ethyl adjacent to an activating group) is 1. The van der Waals surface area contributed by atoms with Gasteiger partial charge in [-0.1, -0.05) is 0 Å². The average Bonchev–Trinajstić information content (AvgIpc) is 2.67. The summed E-state index contributed by atoms with van der Waals surface area (Å²) in [4.78, 5) is 13.9. The first-order valence-electron chi connectivity index (χ1n) is 8.09. The molecule has 0 heterocycles. The van der Waals surface area contributed by atoms with E-state index in [4.69, 9.17) is 14.2 Å². The number of amides is 1. The van der Waals surface area contributed by atoms with Crippen LogP contribution in [0.5, 0.6) is 23.0 Å². The Labute approximate surface area is 156 Å². The number of benzene rings is 2. The smallest absolute Gasteiger partial charge is 0.387 e. The predicted octanol–water partition coefficient (Wildman–Crippen LogP) is 3.46. The molecule has 0 atom stereocenters. The van der Waals surface area contributed by atoms with Gasteiger partial charge in [0.2, 0.25) is 0 Å². The summed E-state index contributed by atoms with van der Waals surface area (Å²) >= 11 is 0. The molecule has 0 N–H and O–H groups in total. The van der Waals surface area contributed by atoms with Gasteiger partial charge in [-0.2, -0.15) is 8.78 Å². The molecule has 8 heteroatoms. The molecule has 2 aromatic rings. The van der Waals surface area contributed by atoms with E-state index in [2.05, 4.69) is 4.74 Å². The van der Waals surface area contributed by atoms with E-state index >= 15 is 0 Å². The van der Waals surface area contributed by atoms with E-state index in [9.17, 15) is 13.6 Å². The highest BCUT2D eigenvalue weighted by Crippen LogP contribution is 2.29. The molecule has 2 aromatic carbocycles. The first-order valence-corrected chi connectivity index (χ1v) is 8.09. The number of alkyl halides is 2. The van der Waals surface area contributed by atoms with E-state index in [-0.39, 0.29) is 24.0 Å². The van der Waals surface area contributed by atoms with Crippen LogP contribution < -0.4 is 18.9 Å². The Morgan fingerprint density at radius 3 is 2.26 bits per heavy atom. The van der Waals surface area contributed by atoms with Crippen LogP contribution in [0, 0.1) is 0 Å². The fourth-order valence-corrected chi connectivity index (χ4v) is 2.29. The van der Waals surface area contributed by atoms with Gasteiger partial charge in [-0.25, -0.2) is 0 Å². The van der Waals surface area contributed by atoms with E-state index in [1.807, 2.05) is 0 Å². The van der Waals surface area contributed by atoms with Gasteiger partial charge >= 0.3 is 6.61 Å². The molecule has 0 fully saturated rings. The molecule has 2 rings (SSSR count). The highest BCUT2D eigenvalue weighted by molar-refractivity contribution is 5.94. The van der Waals surface area contributed by atoms with Gasteiger partial charge in [-0.3, -0.25) is 4.79 Å². The number of hydrogen-bond donors (Lipinski definition) is 0. The summed E-state index contributed by atoms with van der Waals surface area (Å²) in [6.45, 7) is -2.35. The second-order valence-electron chi connectivity index (χ2n) is 5.49. The highest BCUT2D eigenvalue weighted by atomic mass is 19.3. The largest absolute Gasteiger partial charge is 0.497 e. The van der Waals surface area contributed by atoms with Crippen LogP contribution in [0.3, 0.4) is 0 Å². The van der Waals surface area contributed by atoms with Crippen LogP contribution in [0.2, 0.25) is 0 Å². The zero-order valence-electron chi connectivity index (χ0n) is 15.3. The number of methoxy groups -OCH3 is 2. The maximum absolute atomic E-state index is 12.5. The number of carbonyl (C=O) groups excluding carboxylic acids is 1. The van der Waals surface area contributed by atoms with E-state index in [1.165, 1.54) is 30.2 Å². The maximum Gasteiger partial charge on any atom is 0.387 e. The van der Waals surface area contributed by atoms with Gasteiger partial charge in [0.05, 0.1) is 20.8 Å². The number of halogens is 2. The van der Waals surface area contributed by atoms with Crippen molar-refractivity contribution in [1.29, 1.82) is 0 Å². The summed E-state index contributed by atoms with van der Waals surface area (Å²) in [6.07, 6.45) is 0. The highest BCUT2D eigenvalue weighted by Gasteiger charge is 2.16. The number of carbonyl (C=O) groups is 1. The standard InChI is InChI=1S/C19H21F2NO5/c1-22(10-11-26-15-7-5-14(24-2)6-8-15)18(23)13-4-9-16(27-19(20)21)17(12-13)25-3/h4-9,12,19H,10-11H2,1-3H3. The lowest BCUT2D eigenvalue weighted by molar-refractivity contribution is -0.0512. The molecule has 0 radical (unpaired) electrons. The fraction of sp³-hybridized carbons (Fsp3) is 0.316. The Kier molecular flexibility index (Phi) is 7.22. The van der Waals surface area contributed by atoms with E-state index in [0.717, 1.165) is 5.75 Å². The van der Waals surface area contributed by atoms with Crippen molar-refractivity contribution in [1.82, 2.24) is 4.90 Å². The maximum atomic E-state index is 12.5. The lowest BCUT2D eigenvalue weighted by Crippen LogP contribution is -2.30. The van der Waals surface area contributed by atoms with Crippen LogP contribution in [0.4, 0.5) is 8.78 Å². The summed E-state index contributed by atoms with van der Waals surface area (Å²) in [7, 11) is 4.52. The van der Waals surface area contributed by atoms with Gasteiger partial charge in [-0.05, 0) is 42.5 Å². The predicted molar refractivity (Wildman–Crippen MR) is 95.1 cm³/mol. The Morgan fingerprint density at radius 1 is 1.00 bits per heavy atom. The van der Waals surface area contributed by atoms with Crippen LogP contribution in [0.25, 0.3) is 0 Å². The van der Waals surface area contributed by atoms with Crippen molar-refractivity contribution in [3.8, 4) is 23.0 Å². The second-order valence-corrected chi connectivity index (χ2v) is 5.49. The summed E-state index contributed by atoms with van der Waals surface area (Å²) in [5, 5.41) is 0. The molecule has 0 aliphatic heterocycles. The average molecular weight is 381 g/mol. The third-order valence-electron chi connectivity index (χ3n) is 3.73. The third kappa shape index (κ3) is 5.73. The topological polar surface area (TPSA) is 57.2 Å². The Balaban J connectivity index is 1.93. The molecule has 0 saturated heterocycles. The van der Waals surface area contributed by atoms with Crippen molar-refractivity contribution in [2.24, 2.45) is 0 Å². The number of nitrogens with zero attached hydrogens (tertiary/aromatic N) is 1. The van der Waals surface area contributed by atoms with Crippen molar-refractivity contribution in [2.75, 3.05) is 34.4 Å². The number of rotatable bonds is 9. The number of hydrogen-bond acceptors (Lipinski definition) is 5. The molecule has 0 aromatic heterocycles. The Bertz CT molecular complexity index is 752. The normalized spacial score (nSPS) is 10.4. The summed E-state index contributed by atoms with van der Waals surface area (Å²) < 4.78 is 44.8. The molecule has 0 spiro atoms. The molecule has 0 saturated carbocycles. The zero-order valence-corrected chi connectivity index (χ0v) is 15.3. The summed E-state index contributed by atoms with van der Waals surface area (Å²) in [6, 6.07) is 11.1. The van der Waals surface area contributed by atoms with Crippen molar-refractivity contribution in [3.05, 3.63) is 48.0 Å². The first kappa shape index (κ1) is 20.3. The SMILES string of the molecule is COc1ccc(OCCN(C)C(=O)c2ccc(OC(F)F)c(OC)c2)cc1. The molecule has 146 valence electrons. The molecule has 0 bridgehead atoms. The Morgan fingerprint density at radius 2 is 1.67 bits per heavy atom. The van der Waals surface area contributed by atoms with Crippen LogP contribution >= 0.6 is 0 Å². The number of ether oxygens (including phenoxy) is 4. The van der Waals surface area contributed by atoms with Gasteiger partial charge in [0.25, 0.3) is 5.91 Å². The van der Waals surface area contributed by atoms with Crippen molar-refractivity contribution < 1.29 is 32.5 Å². The monoisotopic (exact) mass is 381 g/mol. The molecule has 27 heavy (non-hydrogen) atoms. The van der Waals surface area contributed by atoms with Crippen molar-refractivity contribution in [2.45, 2.75) is 6.61 Å².